The fourth-order valence-electron chi connectivity index (χ4n) is 4.70. The van der Waals surface area contributed by atoms with E-state index in [9.17, 15) is 14.4 Å². The van der Waals surface area contributed by atoms with Gasteiger partial charge in [0, 0.05) is 16.7 Å². The van der Waals surface area contributed by atoms with Gasteiger partial charge in [0.1, 0.15) is 12.1 Å². The Labute approximate surface area is 179 Å². The van der Waals surface area contributed by atoms with Gasteiger partial charge in [-0.2, -0.15) is 0 Å². The van der Waals surface area contributed by atoms with Crippen molar-refractivity contribution in [1.29, 1.82) is 0 Å². The molecule has 0 saturated carbocycles. The maximum absolute atomic E-state index is 13.4. The Hall–Kier alpha value is -2.80. The first-order valence-electron chi connectivity index (χ1n) is 10.3. The van der Waals surface area contributed by atoms with Crippen LogP contribution in [0, 0.1) is 0 Å². The summed E-state index contributed by atoms with van der Waals surface area (Å²) in [5, 5.41) is 3.28. The van der Waals surface area contributed by atoms with Crippen LogP contribution in [0.1, 0.15) is 30.9 Å². The van der Waals surface area contributed by atoms with E-state index in [4.69, 9.17) is 0 Å². The Kier molecular flexibility index (Phi) is 4.58. The van der Waals surface area contributed by atoms with Gasteiger partial charge in [-0.3, -0.25) is 14.5 Å². The topological polar surface area (TPSA) is 69.7 Å². The Morgan fingerprint density at radius 1 is 1.17 bits per heavy atom. The van der Waals surface area contributed by atoms with E-state index in [1.54, 1.807) is 16.7 Å². The summed E-state index contributed by atoms with van der Waals surface area (Å²) >= 11 is 1.75. The van der Waals surface area contributed by atoms with Crippen molar-refractivity contribution in [3.8, 4) is 0 Å². The average molecular weight is 422 g/mol. The predicted molar refractivity (Wildman–Crippen MR) is 115 cm³/mol. The third-order valence-electron chi connectivity index (χ3n) is 6.26. The lowest BCUT2D eigenvalue weighted by atomic mass is 9.92. The number of para-hydroxylation sites is 1. The minimum atomic E-state index is -1.03. The van der Waals surface area contributed by atoms with Crippen molar-refractivity contribution in [1.82, 2.24) is 10.2 Å². The van der Waals surface area contributed by atoms with Gasteiger partial charge in [0.15, 0.2) is 0 Å². The van der Waals surface area contributed by atoms with E-state index >= 15 is 0 Å². The lowest BCUT2D eigenvalue weighted by molar-refractivity contribution is -0.134. The van der Waals surface area contributed by atoms with Crippen molar-refractivity contribution in [2.75, 3.05) is 18.0 Å². The molecule has 1 aliphatic carbocycles. The molecule has 5 rings (SSSR count). The second-order valence-corrected chi connectivity index (χ2v) is 9.59. The normalized spacial score (nSPS) is 25.2. The molecule has 2 aromatic carbocycles. The van der Waals surface area contributed by atoms with Crippen LogP contribution in [0.5, 0.6) is 0 Å². The summed E-state index contributed by atoms with van der Waals surface area (Å²) in [6, 6.07) is 15.0. The van der Waals surface area contributed by atoms with Crippen molar-refractivity contribution in [3.05, 3.63) is 59.7 Å². The zero-order valence-electron chi connectivity index (χ0n) is 16.8. The summed E-state index contributed by atoms with van der Waals surface area (Å²) in [5.74, 6) is -0.555. The number of nitrogens with zero attached hydrogens (tertiary/aromatic N) is 2. The zero-order valence-corrected chi connectivity index (χ0v) is 17.6. The summed E-state index contributed by atoms with van der Waals surface area (Å²) in [5.41, 5.74) is 1.75. The van der Waals surface area contributed by atoms with Gasteiger partial charge in [-0.25, -0.2) is 4.79 Å². The van der Waals surface area contributed by atoms with Gasteiger partial charge in [0.2, 0.25) is 5.91 Å². The Balaban J connectivity index is 1.41. The first kappa shape index (κ1) is 19.2. The molecule has 2 aliphatic heterocycles. The number of hydrogen-bond donors (Lipinski definition) is 1. The molecule has 0 radical (unpaired) electrons. The highest BCUT2D eigenvalue weighted by molar-refractivity contribution is 8.00. The van der Waals surface area contributed by atoms with E-state index in [1.807, 2.05) is 48.5 Å². The average Bonchev–Trinajstić information content (AvgIpc) is 3.15. The van der Waals surface area contributed by atoms with E-state index in [-0.39, 0.29) is 18.4 Å². The van der Waals surface area contributed by atoms with Crippen LogP contribution in [0.15, 0.2) is 53.4 Å². The molecule has 6 nitrogen and oxygen atoms in total. The molecule has 0 aromatic heterocycles. The van der Waals surface area contributed by atoms with Crippen LogP contribution >= 0.6 is 11.8 Å². The molecule has 2 heterocycles. The van der Waals surface area contributed by atoms with E-state index in [0.29, 0.717) is 18.2 Å². The van der Waals surface area contributed by atoms with Gasteiger partial charge in [0.25, 0.3) is 5.91 Å². The molecule has 0 bridgehead atoms. The maximum Gasteiger partial charge on any atom is 0.325 e. The maximum atomic E-state index is 13.4. The van der Waals surface area contributed by atoms with Crippen LogP contribution < -0.4 is 10.2 Å². The molecule has 1 saturated heterocycles. The van der Waals surface area contributed by atoms with Crippen LogP contribution in [-0.2, 0) is 21.5 Å². The molecule has 2 aromatic rings. The second kappa shape index (κ2) is 7.16. The number of fused-ring (bicyclic) bond motifs is 3. The largest absolute Gasteiger partial charge is 0.325 e. The number of benzene rings is 2. The molecule has 1 spiro atoms. The second-order valence-electron chi connectivity index (χ2n) is 8.11. The smallest absolute Gasteiger partial charge is 0.319 e. The van der Waals surface area contributed by atoms with Crippen molar-refractivity contribution < 1.29 is 14.4 Å². The molecule has 1 fully saturated rings. The minimum absolute atomic E-state index is 0.232. The number of nitrogens with one attached hydrogen (secondary N) is 1. The van der Waals surface area contributed by atoms with Crippen LogP contribution in [0.3, 0.4) is 0 Å². The minimum Gasteiger partial charge on any atom is -0.319 e. The molecule has 30 heavy (non-hydrogen) atoms. The van der Waals surface area contributed by atoms with Crippen molar-refractivity contribution >= 4 is 35.3 Å². The van der Waals surface area contributed by atoms with E-state index in [0.717, 1.165) is 39.5 Å². The highest BCUT2D eigenvalue weighted by atomic mass is 32.2. The standard InChI is InChI=1S/C23H23N3O3S/c1-15-11-13-25(18-8-4-5-9-19(18)30-15)20(27)14-26-21(28)23(24-22(26)29)12-10-16-6-2-3-7-17(16)23/h2-9,15H,10-14H2,1H3,(H,24,29)/t15-,23-/m0/s1. The lowest BCUT2D eigenvalue weighted by Gasteiger charge is -2.25. The number of amides is 4. The number of aryl methyl sites for hydroxylation is 1. The van der Waals surface area contributed by atoms with Gasteiger partial charge in [-0.05, 0) is 42.5 Å². The molecule has 7 heteroatoms. The Morgan fingerprint density at radius 3 is 2.80 bits per heavy atom. The third kappa shape index (κ3) is 2.91. The number of carbonyl (C=O) groups excluding carboxylic acids is 3. The number of rotatable bonds is 2. The van der Waals surface area contributed by atoms with Crippen molar-refractivity contribution in [3.63, 3.8) is 0 Å². The molecular formula is C23H23N3O3S. The fourth-order valence-corrected chi connectivity index (χ4v) is 5.81. The Morgan fingerprint density at radius 2 is 1.93 bits per heavy atom. The summed E-state index contributed by atoms with van der Waals surface area (Å²) in [7, 11) is 0. The molecular weight excluding hydrogens is 398 g/mol. The first-order chi connectivity index (χ1) is 14.5. The lowest BCUT2D eigenvalue weighted by Crippen LogP contribution is -2.45. The van der Waals surface area contributed by atoms with Crippen LogP contribution in [-0.4, -0.2) is 41.1 Å². The zero-order chi connectivity index (χ0) is 20.9. The van der Waals surface area contributed by atoms with Crippen LogP contribution in [0.2, 0.25) is 0 Å². The predicted octanol–water partition coefficient (Wildman–Crippen LogP) is 3.30. The van der Waals surface area contributed by atoms with Gasteiger partial charge in [-0.15, -0.1) is 11.8 Å². The van der Waals surface area contributed by atoms with Crippen molar-refractivity contribution in [2.45, 2.75) is 41.9 Å². The molecule has 3 aliphatic rings. The summed E-state index contributed by atoms with van der Waals surface area (Å²) < 4.78 is 0. The van der Waals surface area contributed by atoms with Crippen LogP contribution in [0.4, 0.5) is 10.5 Å². The van der Waals surface area contributed by atoms with Crippen molar-refractivity contribution in [2.24, 2.45) is 0 Å². The number of hydrogen-bond acceptors (Lipinski definition) is 4. The number of anilines is 1. The Bertz CT molecular complexity index is 1060. The molecule has 0 unspecified atom stereocenters. The summed E-state index contributed by atoms with van der Waals surface area (Å²) in [6.45, 7) is 2.47. The van der Waals surface area contributed by atoms with Gasteiger partial charge >= 0.3 is 6.03 Å². The van der Waals surface area contributed by atoms with Crippen LogP contribution in [0.25, 0.3) is 0 Å². The fraction of sp³-hybridized carbons (Fsp3) is 0.348. The van der Waals surface area contributed by atoms with E-state index in [1.165, 1.54) is 0 Å². The quantitative estimate of drug-likeness (QED) is 0.756. The SMILES string of the molecule is C[C@H]1CCN(C(=O)CN2C(=O)N[C@]3(CCc4ccccc43)C2=O)c2ccccc2S1. The monoisotopic (exact) mass is 421 g/mol. The molecule has 1 N–H and O–H groups in total. The van der Waals surface area contributed by atoms with Gasteiger partial charge < -0.3 is 10.2 Å². The number of urea groups is 1. The number of carbonyl (C=O) groups is 3. The molecule has 154 valence electrons. The third-order valence-corrected chi connectivity index (χ3v) is 7.50. The van der Waals surface area contributed by atoms with Gasteiger partial charge in [0.05, 0.1) is 5.69 Å². The highest BCUT2D eigenvalue weighted by Crippen LogP contribution is 2.41. The summed E-state index contributed by atoms with van der Waals surface area (Å²) in [4.78, 5) is 43.2. The first-order valence-corrected chi connectivity index (χ1v) is 11.2. The number of thioether (sulfide) groups is 1. The van der Waals surface area contributed by atoms with E-state index in [2.05, 4.69) is 12.2 Å². The number of imide groups is 1. The van der Waals surface area contributed by atoms with E-state index < -0.39 is 11.6 Å². The summed E-state index contributed by atoms with van der Waals surface area (Å²) in [6.07, 6.45) is 2.11. The van der Waals surface area contributed by atoms with Gasteiger partial charge in [-0.1, -0.05) is 43.3 Å². The highest BCUT2D eigenvalue weighted by Gasteiger charge is 2.55. The molecule has 4 amide bonds. The molecule has 2 atom stereocenters.